The number of rotatable bonds is 0. The second-order valence-electron chi connectivity index (χ2n) is 0.283. The minimum absolute atomic E-state index is 0. The van der Waals surface area contributed by atoms with E-state index in [4.69, 9.17) is 15.0 Å². The van der Waals surface area contributed by atoms with E-state index in [1.54, 1.807) is 0 Å². The van der Waals surface area contributed by atoms with Crippen molar-refractivity contribution in [1.29, 1.82) is 0 Å². The van der Waals surface area contributed by atoms with E-state index >= 15 is 0 Å². The smallest absolute Gasteiger partial charge is 0.450 e. The molecule has 0 bridgehead atoms. The van der Waals surface area contributed by atoms with Gasteiger partial charge in [-0.15, -0.1) is 0 Å². The second kappa shape index (κ2) is 81.4. The third kappa shape index (κ3) is 7160. The van der Waals surface area contributed by atoms with Crippen molar-refractivity contribution in [3.8, 4) is 0 Å². The summed E-state index contributed by atoms with van der Waals surface area (Å²) < 4.78 is 0. The topological polar surface area (TPSA) is 247 Å². The maximum atomic E-state index is 8.56. The van der Waals surface area contributed by atoms with Crippen LogP contribution in [0, 0.1) is 38.6 Å². The van der Waals surface area contributed by atoms with Gasteiger partial charge in [0, 0.05) is 38.6 Å². The summed E-state index contributed by atoms with van der Waals surface area (Å²) in [6.07, 6.45) is -1.83. The van der Waals surface area contributed by atoms with Gasteiger partial charge in [0.25, 0.3) is 0 Å². The molecule has 0 aliphatic heterocycles. The molecule has 0 rings (SSSR count). The van der Waals surface area contributed by atoms with Crippen LogP contribution in [0.25, 0.3) is 0 Å². The van der Waals surface area contributed by atoms with Crippen LogP contribution in [-0.2, 0) is 0 Å². The van der Waals surface area contributed by atoms with Gasteiger partial charge in [-0.05, 0) is 0 Å². The molecule has 0 aromatic heterocycles. The second-order valence-corrected chi connectivity index (χ2v) is 0.283. The fourth-order valence-electron chi connectivity index (χ4n) is 0. The van der Waals surface area contributed by atoms with Crippen molar-refractivity contribution < 1.29 is 86.5 Å². The van der Waals surface area contributed by atoms with E-state index in [-0.39, 0.29) is 71.5 Å². The molecule has 0 aliphatic rings. The van der Waals surface area contributed by atoms with Crippen LogP contribution in [0.2, 0.25) is 0 Å². The molecule has 0 saturated carbocycles. The zero-order valence-corrected chi connectivity index (χ0v) is 7.27. The maximum absolute atomic E-state index is 8.56. The summed E-state index contributed by atoms with van der Waals surface area (Å²) >= 11 is 0. The van der Waals surface area contributed by atoms with Crippen LogP contribution in [-0.4, -0.2) is 49.2 Å². The molecule has 0 aromatic carbocycles. The first-order valence-corrected chi connectivity index (χ1v) is 0.651. The SMILES string of the molecule is O.O.O.O.O.O.O=C(O)O.[Tb]. The van der Waals surface area contributed by atoms with Crippen molar-refractivity contribution in [3.05, 3.63) is 0 Å². The molecular weight excluding hydrogens is 315 g/mol. The normalized spacial score (nSPS) is 2.18. The van der Waals surface area contributed by atoms with Crippen LogP contribution in [0.5, 0.6) is 0 Å². The van der Waals surface area contributed by atoms with E-state index in [0.717, 1.165) is 0 Å². The summed E-state index contributed by atoms with van der Waals surface area (Å²) in [6.45, 7) is 0. The molecule has 10 heteroatoms. The summed E-state index contributed by atoms with van der Waals surface area (Å²) in [5, 5.41) is 13.9. The first-order chi connectivity index (χ1) is 1.73. The molecule has 0 aromatic rings. The van der Waals surface area contributed by atoms with E-state index in [1.807, 2.05) is 0 Å². The van der Waals surface area contributed by atoms with Gasteiger partial charge in [0.05, 0.1) is 0 Å². The maximum Gasteiger partial charge on any atom is 0.503 e. The average Bonchev–Trinajstić information content (AvgIpc) is 0.811. The minimum atomic E-state index is -1.83. The van der Waals surface area contributed by atoms with Gasteiger partial charge in [-0.25, -0.2) is 4.79 Å². The Hall–Kier alpha value is 0.316. The molecule has 9 nitrogen and oxygen atoms in total. The third-order valence-electron chi connectivity index (χ3n) is 0. The van der Waals surface area contributed by atoms with Gasteiger partial charge in [0.15, 0.2) is 0 Å². The van der Waals surface area contributed by atoms with Crippen LogP contribution in [0.1, 0.15) is 0 Å². The molecule has 0 aliphatic carbocycles. The van der Waals surface area contributed by atoms with Crippen molar-refractivity contribution >= 4 is 6.16 Å². The Kier molecular flexibility index (Phi) is 811. The Balaban J connectivity index is -0.00000000214. The van der Waals surface area contributed by atoms with E-state index in [2.05, 4.69) is 0 Å². The summed E-state index contributed by atoms with van der Waals surface area (Å²) in [7, 11) is 0. The van der Waals surface area contributed by atoms with E-state index in [9.17, 15) is 0 Å². The molecule has 81 valence electrons. The third-order valence-corrected chi connectivity index (χ3v) is 0. The zero-order chi connectivity index (χ0) is 3.58. The first-order valence-electron chi connectivity index (χ1n) is 0.651. The predicted molar refractivity (Wildman–Crippen MR) is 32.3 cm³/mol. The van der Waals surface area contributed by atoms with Crippen LogP contribution in [0.3, 0.4) is 0 Å². The van der Waals surface area contributed by atoms with E-state index in [1.165, 1.54) is 0 Å². The number of hydrogen-bond donors (Lipinski definition) is 2. The number of carboxylic acid groups (broad SMARTS) is 2. The number of carbonyl (C=O) groups is 1. The number of hydrogen-bond acceptors (Lipinski definition) is 1. The molecule has 0 spiro atoms. The van der Waals surface area contributed by atoms with Crippen molar-refractivity contribution in [2.24, 2.45) is 0 Å². The predicted octanol–water partition coefficient (Wildman–Crippen LogP) is -4.73. The van der Waals surface area contributed by atoms with Gasteiger partial charge >= 0.3 is 6.16 Å². The summed E-state index contributed by atoms with van der Waals surface area (Å²) in [6, 6.07) is 0. The first kappa shape index (κ1) is 110. The molecular formula is CH14O9Tb. The van der Waals surface area contributed by atoms with Crippen molar-refractivity contribution in [3.63, 3.8) is 0 Å². The van der Waals surface area contributed by atoms with Crippen molar-refractivity contribution in [2.75, 3.05) is 0 Å². The van der Waals surface area contributed by atoms with Crippen LogP contribution >= 0.6 is 0 Å². The zero-order valence-electron chi connectivity index (χ0n) is 5.14. The van der Waals surface area contributed by atoms with Gasteiger partial charge in [-0.3, -0.25) is 0 Å². The Morgan fingerprint density at radius 1 is 0.727 bits per heavy atom. The van der Waals surface area contributed by atoms with Gasteiger partial charge in [-0.1, -0.05) is 0 Å². The molecule has 14 N–H and O–H groups in total. The fraction of sp³-hybridized carbons (Fsp3) is 0. The standard InChI is InChI=1S/CH2O3.6H2O.Tb/c2-1(3)4;;;;;;;/h(H2,2,3,4);6*1H2;. The van der Waals surface area contributed by atoms with Gasteiger partial charge in [-0.2, -0.15) is 0 Å². The van der Waals surface area contributed by atoms with Crippen molar-refractivity contribution in [1.82, 2.24) is 0 Å². The molecule has 0 amide bonds. The Bertz CT molecular complexity index is 32.5. The minimum Gasteiger partial charge on any atom is -0.450 e. The van der Waals surface area contributed by atoms with Crippen LogP contribution < -0.4 is 0 Å². The molecule has 0 atom stereocenters. The molecule has 1 radical (unpaired) electrons. The average molecular weight is 329 g/mol. The van der Waals surface area contributed by atoms with E-state index in [0.29, 0.717) is 0 Å². The largest absolute Gasteiger partial charge is 0.503 e. The van der Waals surface area contributed by atoms with Gasteiger partial charge in [0.1, 0.15) is 0 Å². The molecule has 0 heterocycles. The molecule has 11 heavy (non-hydrogen) atoms. The monoisotopic (exact) mass is 329 g/mol. The fourth-order valence-corrected chi connectivity index (χ4v) is 0. The molecule has 0 saturated heterocycles. The Morgan fingerprint density at radius 3 is 0.727 bits per heavy atom. The van der Waals surface area contributed by atoms with Gasteiger partial charge < -0.3 is 43.1 Å². The Labute approximate surface area is 92.3 Å². The molecule has 0 fully saturated rings. The van der Waals surface area contributed by atoms with Gasteiger partial charge in [0.2, 0.25) is 0 Å². The van der Waals surface area contributed by atoms with Crippen LogP contribution in [0.4, 0.5) is 4.79 Å². The Morgan fingerprint density at radius 2 is 0.727 bits per heavy atom. The molecule has 0 unspecified atom stereocenters. The quantitative estimate of drug-likeness (QED) is 0.444. The van der Waals surface area contributed by atoms with Crippen LogP contribution in [0.15, 0.2) is 0 Å². The summed E-state index contributed by atoms with van der Waals surface area (Å²) in [4.78, 5) is 8.56. The summed E-state index contributed by atoms with van der Waals surface area (Å²) in [5.41, 5.74) is 0. The summed E-state index contributed by atoms with van der Waals surface area (Å²) in [5.74, 6) is 0. The van der Waals surface area contributed by atoms with Crippen molar-refractivity contribution in [2.45, 2.75) is 0 Å². The van der Waals surface area contributed by atoms with E-state index < -0.39 is 6.16 Å².